The van der Waals surface area contributed by atoms with Gasteiger partial charge in [0.2, 0.25) is 0 Å². The molecular formula is C14H19Cl2NO2. The molecule has 1 fully saturated rings. The van der Waals surface area contributed by atoms with E-state index in [2.05, 4.69) is 4.90 Å². The Morgan fingerprint density at radius 3 is 2.84 bits per heavy atom. The molecule has 0 aliphatic carbocycles. The molecule has 1 saturated heterocycles. The van der Waals surface area contributed by atoms with Gasteiger partial charge in [0.15, 0.2) is 0 Å². The van der Waals surface area contributed by atoms with Gasteiger partial charge in [0.05, 0.1) is 11.1 Å². The Hall–Kier alpha value is -0.480. The van der Waals surface area contributed by atoms with Crippen molar-refractivity contribution in [3.8, 4) is 5.75 Å². The van der Waals surface area contributed by atoms with Crippen LogP contribution in [0.25, 0.3) is 0 Å². The van der Waals surface area contributed by atoms with Crippen molar-refractivity contribution in [2.75, 3.05) is 20.2 Å². The number of likely N-dealkylation sites (N-methyl/N-ethyl adjacent to an activating group) is 1. The molecule has 1 aromatic carbocycles. The summed E-state index contributed by atoms with van der Waals surface area (Å²) in [7, 11) is 2.01. The average Bonchev–Trinajstić information content (AvgIpc) is 2.36. The van der Waals surface area contributed by atoms with E-state index >= 15 is 0 Å². The Morgan fingerprint density at radius 1 is 1.37 bits per heavy atom. The normalized spacial score (nSPS) is 19.9. The first-order valence-electron chi connectivity index (χ1n) is 6.53. The van der Waals surface area contributed by atoms with Crippen molar-refractivity contribution in [2.45, 2.75) is 31.9 Å². The number of aromatic hydroxyl groups is 1. The molecule has 3 nitrogen and oxygen atoms in total. The SMILES string of the molecule is CN(Cc1cc(Cl)cc(Cl)c1O)CC1CCCCO1. The van der Waals surface area contributed by atoms with E-state index in [9.17, 15) is 5.11 Å². The summed E-state index contributed by atoms with van der Waals surface area (Å²) in [5, 5.41) is 10.8. The zero-order valence-electron chi connectivity index (χ0n) is 11.0. The molecule has 0 aromatic heterocycles. The third-order valence-electron chi connectivity index (χ3n) is 3.34. The van der Waals surface area contributed by atoms with Gasteiger partial charge in [0, 0.05) is 30.3 Å². The van der Waals surface area contributed by atoms with Crippen molar-refractivity contribution in [3.05, 3.63) is 27.7 Å². The summed E-state index contributed by atoms with van der Waals surface area (Å²) in [6.45, 7) is 2.31. The lowest BCUT2D eigenvalue weighted by Gasteiger charge is -2.27. The fourth-order valence-electron chi connectivity index (χ4n) is 2.39. The first-order chi connectivity index (χ1) is 9.06. The zero-order valence-corrected chi connectivity index (χ0v) is 12.5. The number of rotatable bonds is 4. The molecule has 5 heteroatoms. The van der Waals surface area contributed by atoms with E-state index in [-0.39, 0.29) is 11.9 Å². The molecule has 1 heterocycles. The summed E-state index contributed by atoms with van der Waals surface area (Å²) in [5.41, 5.74) is 0.746. The molecule has 0 spiro atoms. The standard InChI is InChI=1S/C14H19Cl2NO2/c1-17(9-12-4-2-3-5-19-12)8-10-6-11(15)7-13(16)14(10)18/h6-7,12,18H,2-5,8-9H2,1H3. The van der Waals surface area contributed by atoms with Crippen LogP contribution in [-0.2, 0) is 11.3 Å². The minimum absolute atomic E-state index is 0.113. The summed E-state index contributed by atoms with van der Waals surface area (Å²) in [4.78, 5) is 2.12. The molecule has 1 atom stereocenters. The molecule has 1 aromatic rings. The van der Waals surface area contributed by atoms with Gasteiger partial charge < -0.3 is 9.84 Å². The maximum absolute atomic E-state index is 9.93. The predicted molar refractivity (Wildman–Crippen MR) is 78.1 cm³/mol. The Bertz CT molecular complexity index is 434. The van der Waals surface area contributed by atoms with Crippen molar-refractivity contribution < 1.29 is 9.84 Å². The minimum atomic E-state index is 0.113. The van der Waals surface area contributed by atoms with Crippen LogP contribution >= 0.6 is 23.2 Å². The highest BCUT2D eigenvalue weighted by molar-refractivity contribution is 6.35. The highest BCUT2D eigenvalue weighted by Gasteiger charge is 2.17. The van der Waals surface area contributed by atoms with Gasteiger partial charge in [-0.15, -0.1) is 0 Å². The number of benzene rings is 1. The molecule has 0 radical (unpaired) electrons. The summed E-state index contributed by atoms with van der Waals surface area (Å²) in [5.74, 6) is 0.113. The highest BCUT2D eigenvalue weighted by atomic mass is 35.5. The molecule has 2 rings (SSSR count). The van der Waals surface area contributed by atoms with Gasteiger partial charge in [0.25, 0.3) is 0 Å². The predicted octanol–water partition coefficient (Wildman–Crippen LogP) is 3.70. The minimum Gasteiger partial charge on any atom is -0.506 e. The van der Waals surface area contributed by atoms with Crippen LogP contribution in [0.4, 0.5) is 0 Å². The number of ether oxygens (including phenoxy) is 1. The smallest absolute Gasteiger partial charge is 0.138 e. The van der Waals surface area contributed by atoms with Gasteiger partial charge in [-0.1, -0.05) is 23.2 Å². The molecule has 106 valence electrons. The lowest BCUT2D eigenvalue weighted by Crippen LogP contribution is -2.33. The number of hydrogen-bond acceptors (Lipinski definition) is 3. The van der Waals surface area contributed by atoms with Crippen LogP contribution in [0.2, 0.25) is 10.0 Å². The van der Waals surface area contributed by atoms with Gasteiger partial charge in [-0.3, -0.25) is 4.90 Å². The Labute approximate surface area is 124 Å². The molecule has 19 heavy (non-hydrogen) atoms. The van der Waals surface area contributed by atoms with E-state index < -0.39 is 0 Å². The second-order valence-electron chi connectivity index (χ2n) is 5.08. The van der Waals surface area contributed by atoms with Crippen LogP contribution in [0, 0.1) is 0 Å². The average molecular weight is 304 g/mol. The quantitative estimate of drug-likeness (QED) is 0.920. The number of halogens is 2. The maximum Gasteiger partial charge on any atom is 0.138 e. The molecule has 1 N–H and O–H groups in total. The number of phenolic OH excluding ortho intramolecular Hbond substituents is 1. The van der Waals surface area contributed by atoms with E-state index in [1.54, 1.807) is 12.1 Å². The van der Waals surface area contributed by atoms with Gasteiger partial charge in [-0.2, -0.15) is 0 Å². The van der Waals surface area contributed by atoms with Crippen LogP contribution < -0.4 is 0 Å². The van der Waals surface area contributed by atoms with Gasteiger partial charge in [-0.05, 0) is 38.4 Å². The lowest BCUT2D eigenvalue weighted by molar-refractivity contribution is -0.00267. The third kappa shape index (κ3) is 4.25. The largest absolute Gasteiger partial charge is 0.506 e. The van der Waals surface area contributed by atoms with Gasteiger partial charge >= 0.3 is 0 Å². The third-order valence-corrected chi connectivity index (χ3v) is 3.84. The van der Waals surface area contributed by atoms with Crippen LogP contribution in [-0.4, -0.2) is 36.3 Å². The Balaban J connectivity index is 1.96. The van der Waals surface area contributed by atoms with Crippen molar-refractivity contribution >= 4 is 23.2 Å². The van der Waals surface area contributed by atoms with Crippen LogP contribution in [0.5, 0.6) is 5.75 Å². The van der Waals surface area contributed by atoms with Crippen molar-refractivity contribution in [2.24, 2.45) is 0 Å². The summed E-state index contributed by atoms with van der Waals surface area (Å²) >= 11 is 11.9. The molecular weight excluding hydrogens is 285 g/mol. The van der Waals surface area contributed by atoms with E-state index in [1.807, 2.05) is 7.05 Å². The van der Waals surface area contributed by atoms with E-state index in [4.69, 9.17) is 27.9 Å². The second kappa shape index (κ2) is 6.80. The number of hydrogen-bond donors (Lipinski definition) is 1. The highest BCUT2D eigenvalue weighted by Crippen LogP contribution is 2.31. The van der Waals surface area contributed by atoms with E-state index in [1.165, 1.54) is 6.42 Å². The molecule has 0 saturated carbocycles. The maximum atomic E-state index is 9.93. The van der Waals surface area contributed by atoms with Gasteiger partial charge in [-0.25, -0.2) is 0 Å². The lowest BCUT2D eigenvalue weighted by atomic mass is 10.1. The first-order valence-corrected chi connectivity index (χ1v) is 7.29. The van der Waals surface area contributed by atoms with Gasteiger partial charge in [0.1, 0.15) is 5.75 Å². The second-order valence-corrected chi connectivity index (χ2v) is 5.92. The molecule has 1 unspecified atom stereocenters. The van der Waals surface area contributed by atoms with E-state index in [0.29, 0.717) is 16.6 Å². The first kappa shape index (κ1) is 14.9. The van der Waals surface area contributed by atoms with Crippen molar-refractivity contribution in [3.63, 3.8) is 0 Å². The number of phenols is 1. The zero-order chi connectivity index (χ0) is 13.8. The fraction of sp³-hybridized carbons (Fsp3) is 0.571. The van der Waals surface area contributed by atoms with Crippen LogP contribution in [0.1, 0.15) is 24.8 Å². The van der Waals surface area contributed by atoms with Crippen LogP contribution in [0.15, 0.2) is 12.1 Å². The van der Waals surface area contributed by atoms with Crippen LogP contribution in [0.3, 0.4) is 0 Å². The Kier molecular flexibility index (Phi) is 5.34. The van der Waals surface area contributed by atoms with Crippen molar-refractivity contribution in [1.29, 1.82) is 0 Å². The fourth-order valence-corrected chi connectivity index (χ4v) is 2.93. The van der Waals surface area contributed by atoms with Crippen molar-refractivity contribution in [1.82, 2.24) is 4.90 Å². The molecule has 1 aliphatic heterocycles. The summed E-state index contributed by atoms with van der Waals surface area (Å²) in [6, 6.07) is 3.30. The topological polar surface area (TPSA) is 32.7 Å². The molecule has 1 aliphatic rings. The number of nitrogens with zero attached hydrogens (tertiary/aromatic N) is 1. The monoisotopic (exact) mass is 303 g/mol. The van der Waals surface area contributed by atoms with E-state index in [0.717, 1.165) is 31.6 Å². The Morgan fingerprint density at radius 2 is 2.16 bits per heavy atom. The molecule has 0 bridgehead atoms. The molecule has 0 amide bonds. The summed E-state index contributed by atoms with van der Waals surface area (Å²) in [6.07, 6.45) is 3.78. The summed E-state index contributed by atoms with van der Waals surface area (Å²) < 4.78 is 5.71.